The van der Waals surface area contributed by atoms with E-state index in [-0.39, 0.29) is 22.1 Å². The van der Waals surface area contributed by atoms with Crippen LogP contribution in [0.5, 0.6) is 11.5 Å². The first-order valence-corrected chi connectivity index (χ1v) is 8.84. The van der Waals surface area contributed by atoms with Crippen molar-refractivity contribution in [3.63, 3.8) is 0 Å². The fraction of sp³-hybridized carbons (Fsp3) is 0.333. The van der Waals surface area contributed by atoms with E-state index < -0.39 is 12.5 Å². The first-order valence-electron chi connectivity index (χ1n) is 8.09. The van der Waals surface area contributed by atoms with Crippen LogP contribution in [0.2, 0.25) is 0 Å². The molecule has 0 aliphatic heterocycles. The second-order valence-corrected chi connectivity index (χ2v) is 6.82. The predicted molar refractivity (Wildman–Crippen MR) is 101 cm³/mol. The van der Waals surface area contributed by atoms with E-state index in [1.807, 2.05) is 0 Å². The monoisotopic (exact) mass is 418 g/mol. The van der Waals surface area contributed by atoms with Gasteiger partial charge >= 0.3 is 6.61 Å². The van der Waals surface area contributed by atoms with Crippen LogP contribution in [0.15, 0.2) is 45.7 Å². The fourth-order valence-corrected chi connectivity index (χ4v) is 2.08. The number of ether oxygens (including phenoxy) is 2. The van der Waals surface area contributed by atoms with Gasteiger partial charge in [0, 0.05) is 29.2 Å². The van der Waals surface area contributed by atoms with Crippen molar-refractivity contribution in [3.8, 4) is 11.5 Å². The van der Waals surface area contributed by atoms with Gasteiger partial charge in [-0.15, -0.1) is 0 Å². The number of hydrogen-bond donors (Lipinski definition) is 1. The molecule has 1 aliphatic carbocycles. The largest absolute Gasteiger partial charge is 0.489 e. The van der Waals surface area contributed by atoms with Gasteiger partial charge in [0.2, 0.25) is 0 Å². The quantitative estimate of drug-likeness (QED) is 0.570. The second kappa shape index (κ2) is 10.3. The number of carbonyl (C=O) groups excluding carboxylic acids is 1. The molecule has 1 aromatic rings. The highest BCUT2D eigenvalue weighted by molar-refractivity contribution is 6.39. The molecular formula is C18H18Cl2F2N2O3. The summed E-state index contributed by atoms with van der Waals surface area (Å²) in [7, 11) is 0. The van der Waals surface area contributed by atoms with E-state index >= 15 is 0 Å². The number of allylic oxidation sites excluding steroid dienone is 2. The molecular weight excluding hydrogens is 401 g/mol. The number of nitrogens with zero attached hydrogens (tertiary/aromatic N) is 1. The van der Waals surface area contributed by atoms with Crippen molar-refractivity contribution in [2.45, 2.75) is 26.4 Å². The van der Waals surface area contributed by atoms with Crippen molar-refractivity contribution in [2.75, 3.05) is 6.61 Å². The number of hydrogen-bond acceptors (Lipinski definition) is 4. The minimum absolute atomic E-state index is 0.0919. The molecule has 0 atom stereocenters. The summed E-state index contributed by atoms with van der Waals surface area (Å²) >= 11 is 11.5. The standard InChI is InChI=1S/C18H18Cl2F2N2O3/c1-11(19)7-23-8-14(20)9-24-17(25)13-4-5-15(27-18(21)22)16(6-13)26-10-12-2-3-12/h4-9,12,18H,2-3,10H2,1H3,(H,24,25)/b11-7+,14-9-,23-8-. The van der Waals surface area contributed by atoms with E-state index in [0.717, 1.165) is 12.8 Å². The van der Waals surface area contributed by atoms with Crippen LogP contribution in [0.1, 0.15) is 30.1 Å². The van der Waals surface area contributed by atoms with Gasteiger partial charge in [0.15, 0.2) is 11.5 Å². The SMILES string of the molecule is C\C(Cl)=C/N=C\C(Cl)=C\NC(=O)c1ccc(OC(F)F)c(OCC2CC2)c1. The number of amides is 1. The molecule has 0 saturated heterocycles. The van der Waals surface area contributed by atoms with Crippen LogP contribution in [0.4, 0.5) is 8.78 Å². The van der Waals surface area contributed by atoms with Gasteiger partial charge in [-0.25, -0.2) is 0 Å². The van der Waals surface area contributed by atoms with Crippen molar-refractivity contribution >= 4 is 35.3 Å². The van der Waals surface area contributed by atoms with Crippen LogP contribution < -0.4 is 14.8 Å². The Morgan fingerprint density at radius 2 is 2.11 bits per heavy atom. The van der Waals surface area contributed by atoms with Crippen molar-refractivity contribution in [2.24, 2.45) is 10.9 Å². The van der Waals surface area contributed by atoms with E-state index in [2.05, 4.69) is 15.0 Å². The third kappa shape index (κ3) is 7.97. The number of rotatable bonds is 9. The minimum Gasteiger partial charge on any atom is -0.489 e. The summed E-state index contributed by atoms with van der Waals surface area (Å²) in [5.74, 6) is -0.112. The summed E-state index contributed by atoms with van der Waals surface area (Å²) in [6.07, 6.45) is 6.02. The molecule has 0 unspecified atom stereocenters. The lowest BCUT2D eigenvalue weighted by Crippen LogP contribution is -2.18. The average Bonchev–Trinajstić information content (AvgIpc) is 3.42. The molecule has 1 aromatic carbocycles. The van der Waals surface area contributed by atoms with E-state index in [1.165, 1.54) is 36.8 Å². The van der Waals surface area contributed by atoms with E-state index in [1.54, 1.807) is 6.92 Å². The molecule has 0 aromatic heterocycles. The first-order chi connectivity index (χ1) is 12.8. The number of benzene rings is 1. The average molecular weight is 419 g/mol. The molecule has 1 fully saturated rings. The Balaban J connectivity index is 2.06. The number of halogens is 4. The van der Waals surface area contributed by atoms with Gasteiger partial charge in [0.25, 0.3) is 5.91 Å². The van der Waals surface area contributed by atoms with Crippen LogP contribution in [-0.2, 0) is 0 Å². The zero-order valence-corrected chi connectivity index (χ0v) is 15.9. The summed E-state index contributed by atoms with van der Waals surface area (Å²) < 4.78 is 35.0. The number of alkyl halides is 2. The van der Waals surface area contributed by atoms with Crippen LogP contribution in [0, 0.1) is 5.92 Å². The lowest BCUT2D eigenvalue weighted by molar-refractivity contribution is -0.0515. The minimum atomic E-state index is -2.99. The van der Waals surface area contributed by atoms with Gasteiger partial charge in [0.05, 0.1) is 11.6 Å². The van der Waals surface area contributed by atoms with Gasteiger partial charge < -0.3 is 14.8 Å². The van der Waals surface area contributed by atoms with E-state index in [9.17, 15) is 13.6 Å². The lowest BCUT2D eigenvalue weighted by atomic mass is 10.2. The van der Waals surface area contributed by atoms with Crippen LogP contribution in [0.3, 0.4) is 0 Å². The number of carbonyl (C=O) groups is 1. The van der Waals surface area contributed by atoms with Crippen molar-refractivity contribution in [1.29, 1.82) is 0 Å². The molecule has 1 amide bonds. The fourth-order valence-electron chi connectivity index (χ4n) is 1.91. The van der Waals surface area contributed by atoms with Gasteiger partial charge in [-0.2, -0.15) is 8.78 Å². The molecule has 1 aliphatic rings. The molecule has 0 bridgehead atoms. The van der Waals surface area contributed by atoms with E-state index in [0.29, 0.717) is 17.6 Å². The highest BCUT2D eigenvalue weighted by Crippen LogP contribution is 2.34. The second-order valence-electron chi connectivity index (χ2n) is 5.79. The molecule has 2 rings (SSSR count). The highest BCUT2D eigenvalue weighted by atomic mass is 35.5. The van der Waals surface area contributed by atoms with Gasteiger partial charge in [-0.1, -0.05) is 23.2 Å². The summed E-state index contributed by atoms with van der Waals surface area (Å²) in [6, 6.07) is 3.97. The van der Waals surface area contributed by atoms with Crippen molar-refractivity contribution in [1.82, 2.24) is 5.32 Å². The Morgan fingerprint density at radius 1 is 1.37 bits per heavy atom. The zero-order chi connectivity index (χ0) is 19.8. The molecule has 0 heterocycles. The topological polar surface area (TPSA) is 59.9 Å². The maximum atomic E-state index is 12.5. The molecule has 27 heavy (non-hydrogen) atoms. The molecule has 0 spiro atoms. The van der Waals surface area contributed by atoms with Crippen LogP contribution in [0.25, 0.3) is 0 Å². The summed E-state index contributed by atoms with van der Waals surface area (Å²) in [5.41, 5.74) is 0.205. The summed E-state index contributed by atoms with van der Waals surface area (Å²) in [4.78, 5) is 16.1. The first kappa shape index (κ1) is 21.2. The highest BCUT2D eigenvalue weighted by Gasteiger charge is 2.23. The predicted octanol–water partition coefficient (Wildman–Crippen LogP) is 5.06. The molecule has 9 heteroatoms. The van der Waals surface area contributed by atoms with Crippen LogP contribution in [-0.4, -0.2) is 25.3 Å². The number of nitrogens with one attached hydrogen (secondary N) is 1. The Bertz CT molecular complexity index is 759. The normalized spacial score (nSPS) is 15.3. The smallest absolute Gasteiger partial charge is 0.387 e. The maximum absolute atomic E-state index is 12.5. The molecule has 0 radical (unpaired) electrons. The van der Waals surface area contributed by atoms with Crippen LogP contribution >= 0.6 is 23.2 Å². The zero-order valence-electron chi connectivity index (χ0n) is 14.4. The van der Waals surface area contributed by atoms with Crippen molar-refractivity contribution < 1.29 is 23.0 Å². The van der Waals surface area contributed by atoms with Gasteiger partial charge in [-0.3, -0.25) is 9.79 Å². The third-order valence-electron chi connectivity index (χ3n) is 3.38. The summed E-state index contributed by atoms with van der Waals surface area (Å²) in [5, 5.41) is 3.12. The molecule has 1 N–H and O–H groups in total. The molecule has 146 valence electrons. The molecule has 1 saturated carbocycles. The Morgan fingerprint density at radius 3 is 2.74 bits per heavy atom. The third-order valence-corrected chi connectivity index (χ3v) is 3.69. The maximum Gasteiger partial charge on any atom is 0.387 e. The lowest BCUT2D eigenvalue weighted by Gasteiger charge is -2.13. The van der Waals surface area contributed by atoms with Gasteiger partial charge in [0.1, 0.15) is 0 Å². The van der Waals surface area contributed by atoms with E-state index in [4.69, 9.17) is 27.9 Å². The Kier molecular flexibility index (Phi) is 8.06. The summed E-state index contributed by atoms with van der Waals surface area (Å²) in [6.45, 7) is -0.942. The number of aliphatic imine (C=N–C) groups is 1. The van der Waals surface area contributed by atoms with Crippen molar-refractivity contribution in [3.05, 3.63) is 46.2 Å². The Hall–Kier alpha value is -2.12. The Labute approximate surface area is 165 Å². The van der Waals surface area contributed by atoms with Gasteiger partial charge in [-0.05, 0) is 43.9 Å². The molecule has 5 nitrogen and oxygen atoms in total.